The van der Waals surface area contributed by atoms with Crippen molar-refractivity contribution in [1.82, 2.24) is 5.32 Å². The summed E-state index contributed by atoms with van der Waals surface area (Å²) < 4.78 is 13.2. The van der Waals surface area contributed by atoms with E-state index in [4.69, 9.17) is 16.7 Å². The Morgan fingerprint density at radius 3 is 2.79 bits per heavy atom. The number of aromatic hydroxyl groups is 1. The number of phenolic OH excluding ortho intramolecular Hbond substituents is 1. The maximum atomic E-state index is 13.2. The van der Waals surface area contributed by atoms with Crippen molar-refractivity contribution in [3.8, 4) is 5.75 Å². The molecule has 3 N–H and O–H groups in total. The molecule has 4 nitrogen and oxygen atoms in total. The van der Waals surface area contributed by atoms with Gasteiger partial charge in [0.2, 0.25) is 0 Å². The molecule has 0 bridgehead atoms. The predicted molar refractivity (Wildman–Crippen MR) is 47.9 cm³/mol. The lowest BCUT2D eigenvalue weighted by Gasteiger charge is -2.06. The van der Waals surface area contributed by atoms with Crippen LogP contribution in [-0.2, 0) is 6.54 Å². The minimum atomic E-state index is -1.30. The van der Waals surface area contributed by atoms with Crippen molar-refractivity contribution in [3.63, 3.8) is 0 Å². The maximum absolute atomic E-state index is 13.2. The molecule has 14 heavy (non-hydrogen) atoms. The van der Waals surface area contributed by atoms with Crippen molar-refractivity contribution in [2.45, 2.75) is 6.54 Å². The van der Waals surface area contributed by atoms with E-state index in [9.17, 15) is 14.3 Å². The number of nitrogens with one attached hydrogen (secondary N) is 1. The van der Waals surface area contributed by atoms with E-state index in [2.05, 4.69) is 0 Å². The van der Waals surface area contributed by atoms with Crippen molar-refractivity contribution >= 4 is 17.7 Å². The molecule has 1 rings (SSSR count). The molecule has 0 aliphatic heterocycles. The minimum absolute atomic E-state index is 0.162. The zero-order valence-electron chi connectivity index (χ0n) is 6.92. The van der Waals surface area contributed by atoms with Gasteiger partial charge in [0.25, 0.3) is 0 Å². The SMILES string of the molecule is O=C(O)NCc1c(O)ccc(Cl)c1F. The van der Waals surface area contributed by atoms with Crippen molar-refractivity contribution in [1.29, 1.82) is 0 Å². The van der Waals surface area contributed by atoms with Crippen molar-refractivity contribution in [3.05, 3.63) is 28.5 Å². The molecule has 76 valence electrons. The number of rotatable bonds is 2. The molecule has 0 aliphatic carbocycles. The van der Waals surface area contributed by atoms with Crippen LogP contribution in [0.5, 0.6) is 5.75 Å². The van der Waals surface area contributed by atoms with Crippen LogP contribution >= 0.6 is 11.6 Å². The summed E-state index contributed by atoms with van der Waals surface area (Å²) >= 11 is 5.44. The van der Waals surface area contributed by atoms with Gasteiger partial charge in [0.05, 0.1) is 17.1 Å². The molecular weight excluding hydrogens is 213 g/mol. The number of hydrogen-bond acceptors (Lipinski definition) is 2. The number of carbonyl (C=O) groups is 1. The summed E-state index contributed by atoms with van der Waals surface area (Å²) in [7, 11) is 0. The molecule has 0 spiro atoms. The van der Waals surface area contributed by atoms with Crippen molar-refractivity contribution in [2.75, 3.05) is 0 Å². The average molecular weight is 220 g/mol. The quantitative estimate of drug-likeness (QED) is 0.712. The third-order valence-corrected chi connectivity index (χ3v) is 1.88. The van der Waals surface area contributed by atoms with Gasteiger partial charge < -0.3 is 15.5 Å². The first-order chi connectivity index (χ1) is 6.52. The van der Waals surface area contributed by atoms with Crippen LogP contribution in [0.1, 0.15) is 5.56 Å². The Hall–Kier alpha value is -1.49. The summed E-state index contributed by atoms with van der Waals surface area (Å²) in [5.41, 5.74) is -0.167. The summed E-state index contributed by atoms with van der Waals surface area (Å²) in [6.45, 7) is -0.326. The summed E-state index contributed by atoms with van der Waals surface area (Å²) in [6, 6.07) is 2.39. The highest BCUT2D eigenvalue weighted by Crippen LogP contribution is 2.25. The molecule has 1 aromatic carbocycles. The fourth-order valence-corrected chi connectivity index (χ4v) is 1.09. The first-order valence-electron chi connectivity index (χ1n) is 3.65. The summed E-state index contributed by atoms with van der Waals surface area (Å²) in [4.78, 5) is 10.1. The van der Waals surface area contributed by atoms with Crippen LogP contribution in [0.25, 0.3) is 0 Å². The zero-order chi connectivity index (χ0) is 10.7. The van der Waals surface area contributed by atoms with Gasteiger partial charge in [-0.25, -0.2) is 9.18 Å². The molecule has 0 saturated carbocycles. The van der Waals surface area contributed by atoms with Gasteiger partial charge >= 0.3 is 6.09 Å². The minimum Gasteiger partial charge on any atom is -0.507 e. The first kappa shape index (κ1) is 10.6. The number of benzene rings is 1. The second-order valence-electron chi connectivity index (χ2n) is 2.52. The van der Waals surface area contributed by atoms with E-state index >= 15 is 0 Å². The van der Waals surface area contributed by atoms with Gasteiger partial charge in [0.1, 0.15) is 11.6 Å². The second kappa shape index (κ2) is 4.15. The number of carboxylic acid groups (broad SMARTS) is 1. The zero-order valence-corrected chi connectivity index (χ0v) is 7.68. The van der Waals surface area contributed by atoms with Crippen LogP contribution in [-0.4, -0.2) is 16.3 Å². The molecule has 1 aromatic rings. The van der Waals surface area contributed by atoms with Crippen LogP contribution in [0, 0.1) is 5.82 Å². The van der Waals surface area contributed by atoms with Gasteiger partial charge in [-0.1, -0.05) is 11.6 Å². The Morgan fingerprint density at radius 2 is 2.21 bits per heavy atom. The normalized spacial score (nSPS) is 9.86. The summed E-state index contributed by atoms with van der Waals surface area (Å²) in [5.74, 6) is -1.15. The highest BCUT2D eigenvalue weighted by atomic mass is 35.5. The Labute approximate surface area is 83.9 Å². The number of amides is 1. The third-order valence-electron chi connectivity index (χ3n) is 1.59. The van der Waals surface area contributed by atoms with Crippen LogP contribution < -0.4 is 5.32 Å². The van der Waals surface area contributed by atoms with Crippen molar-refractivity contribution < 1.29 is 19.4 Å². The van der Waals surface area contributed by atoms with E-state index < -0.39 is 11.9 Å². The van der Waals surface area contributed by atoms with Gasteiger partial charge in [0, 0.05) is 0 Å². The molecule has 1 amide bonds. The lowest BCUT2D eigenvalue weighted by Crippen LogP contribution is -2.20. The number of halogens is 2. The second-order valence-corrected chi connectivity index (χ2v) is 2.92. The molecule has 0 atom stereocenters. The Kier molecular flexibility index (Phi) is 3.14. The number of phenols is 1. The fourth-order valence-electron chi connectivity index (χ4n) is 0.915. The standard InChI is InChI=1S/C8H7ClFNO3/c9-5-1-2-6(12)4(7(5)10)3-11-8(13)14/h1-2,11-12H,3H2,(H,13,14). The van der Waals surface area contributed by atoms with Crippen LogP contribution in [0.4, 0.5) is 9.18 Å². The largest absolute Gasteiger partial charge is 0.507 e. The topological polar surface area (TPSA) is 69.6 Å². The van der Waals surface area contributed by atoms with Gasteiger partial charge in [-0.15, -0.1) is 0 Å². The number of hydrogen-bond donors (Lipinski definition) is 3. The van der Waals surface area contributed by atoms with E-state index in [0.717, 1.165) is 0 Å². The third kappa shape index (κ3) is 2.26. The molecule has 0 unspecified atom stereocenters. The Bertz CT molecular complexity index is 370. The van der Waals surface area contributed by atoms with E-state index in [-0.39, 0.29) is 22.9 Å². The van der Waals surface area contributed by atoms with E-state index in [1.807, 2.05) is 5.32 Å². The predicted octanol–water partition coefficient (Wildman–Crippen LogP) is 1.95. The van der Waals surface area contributed by atoms with Gasteiger partial charge in [0.15, 0.2) is 0 Å². The van der Waals surface area contributed by atoms with Crippen molar-refractivity contribution in [2.24, 2.45) is 0 Å². The molecule has 6 heteroatoms. The molecule has 0 radical (unpaired) electrons. The highest BCUT2D eigenvalue weighted by Gasteiger charge is 2.12. The molecule has 0 saturated heterocycles. The maximum Gasteiger partial charge on any atom is 0.404 e. The molecule has 0 heterocycles. The average Bonchev–Trinajstić information content (AvgIpc) is 2.11. The van der Waals surface area contributed by atoms with E-state index in [1.54, 1.807) is 0 Å². The highest BCUT2D eigenvalue weighted by molar-refractivity contribution is 6.30. The van der Waals surface area contributed by atoms with Gasteiger partial charge in [-0.05, 0) is 12.1 Å². The molecule has 0 fully saturated rings. The smallest absolute Gasteiger partial charge is 0.404 e. The van der Waals surface area contributed by atoms with Crippen LogP contribution in [0.15, 0.2) is 12.1 Å². The van der Waals surface area contributed by atoms with E-state index in [1.165, 1.54) is 12.1 Å². The Morgan fingerprint density at radius 1 is 1.57 bits per heavy atom. The molecule has 0 aromatic heterocycles. The lowest BCUT2D eigenvalue weighted by atomic mass is 10.2. The van der Waals surface area contributed by atoms with E-state index in [0.29, 0.717) is 0 Å². The summed E-state index contributed by atoms with van der Waals surface area (Å²) in [6.07, 6.45) is -1.30. The van der Waals surface area contributed by atoms with Gasteiger partial charge in [-0.3, -0.25) is 0 Å². The lowest BCUT2D eigenvalue weighted by molar-refractivity contribution is 0.193. The fraction of sp³-hybridized carbons (Fsp3) is 0.125. The van der Waals surface area contributed by atoms with Gasteiger partial charge in [-0.2, -0.15) is 0 Å². The molecular formula is C8H7ClFNO3. The van der Waals surface area contributed by atoms with Crippen LogP contribution in [0.2, 0.25) is 5.02 Å². The monoisotopic (exact) mass is 219 g/mol. The summed E-state index contributed by atoms with van der Waals surface area (Å²) in [5, 5.41) is 19.2. The first-order valence-corrected chi connectivity index (χ1v) is 4.03. The Balaban J connectivity index is 2.95. The van der Waals surface area contributed by atoms with Crippen LogP contribution in [0.3, 0.4) is 0 Å². The molecule has 0 aliphatic rings.